The van der Waals surface area contributed by atoms with E-state index in [0.29, 0.717) is 5.56 Å². The van der Waals surface area contributed by atoms with E-state index in [4.69, 9.17) is 0 Å². The summed E-state index contributed by atoms with van der Waals surface area (Å²) < 4.78 is 4.64. The summed E-state index contributed by atoms with van der Waals surface area (Å²) in [7, 11) is 0. The summed E-state index contributed by atoms with van der Waals surface area (Å²) >= 11 is 0. The number of carbonyl (C=O) groups is 1. The van der Waals surface area contributed by atoms with Crippen LogP contribution in [0.5, 0.6) is 0 Å². The highest BCUT2D eigenvalue weighted by Crippen LogP contribution is 2.04. The molecule has 16 heavy (non-hydrogen) atoms. The Morgan fingerprint density at radius 1 is 1.38 bits per heavy atom. The maximum atomic E-state index is 11.7. The SMILES string of the molecule is O=C(NC1CCNCC1)c1ccc(=O)oc1. The van der Waals surface area contributed by atoms with Gasteiger partial charge in [0.1, 0.15) is 6.26 Å². The second-order valence-corrected chi connectivity index (χ2v) is 3.84. The summed E-state index contributed by atoms with van der Waals surface area (Å²) in [5.41, 5.74) is -0.0588. The van der Waals surface area contributed by atoms with Gasteiger partial charge < -0.3 is 15.1 Å². The Morgan fingerprint density at radius 2 is 2.12 bits per heavy atom. The first kappa shape index (κ1) is 10.9. The quantitative estimate of drug-likeness (QED) is 0.745. The molecule has 0 radical (unpaired) electrons. The number of amides is 1. The number of nitrogens with one attached hydrogen (secondary N) is 2. The van der Waals surface area contributed by atoms with Crippen LogP contribution in [-0.4, -0.2) is 25.0 Å². The van der Waals surface area contributed by atoms with Crippen LogP contribution >= 0.6 is 0 Å². The van der Waals surface area contributed by atoms with Crippen LogP contribution in [0.2, 0.25) is 0 Å². The lowest BCUT2D eigenvalue weighted by Crippen LogP contribution is -2.42. The van der Waals surface area contributed by atoms with E-state index in [0.717, 1.165) is 25.9 Å². The van der Waals surface area contributed by atoms with Gasteiger partial charge in [-0.1, -0.05) is 0 Å². The smallest absolute Gasteiger partial charge is 0.335 e. The Balaban J connectivity index is 1.96. The molecule has 5 nitrogen and oxygen atoms in total. The van der Waals surface area contributed by atoms with Crippen molar-refractivity contribution in [2.24, 2.45) is 0 Å². The third-order valence-electron chi connectivity index (χ3n) is 2.64. The minimum absolute atomic E-state index is 0.185. The minimum Gasteiger partial charge on any atom is -0.430 e. The second-order valence-electron chi connectivity index (χ2n) is 3.84. The molecule has 0 saturated carbocycles. The topological polar surface area (TPSA) is 71.3 Å². The van der Waals surface area contributed by atoms with Gasteiger partial charge >= 0.3 is 5.63 Å². The van der Waals surface area contributed by atoms with Crippen LogP contribution in [0.15, 0.2) is 27.6 Å². The van der Waals surface area contributed by atoms with E-state index in [1.807, 2.05) is 0 Å². The van der Waals surface area contributed by atoms with E-state index >= 15 is 0 Å². The van der Waals surface area contributed by atoms with Gasteiger partial charge in [0.05, 0.1) is 5.56 Å². The maximum Gasteiger partial charge on any atom is 0.335 e. The average Bonchev–Trinajstić information content (AvgIpc) is 2.31. The number of piperidine rings is 1. The van der Waals surface area contributed by atoms with Gasteiger partial charge in [-0.2, -0.15) is 0 Å². The molecule has 86 valence electrons. The molecule has 1 aliphatic heterocycles. The van der Waals surface area contributed by atoms with Crippen molar-refractivity contribution in [2.75, 3.05) is 13.1 Å². The Labute approximate surface area is 92.8 Å². The molecule has 2 heterocycles. The third-order valence-corrected chi connectivity index (χ3v) is 2.64. The largest absolute Gasteiger partial charge is 0.430 e. The van der Waals surface area contributed by atoms with E-state index in [2.05, 4.69) is 15.1 Å². The molecule has 2 rings (SSSR count). The van der Waals surface area contributed by atoms with E-state index in [9.17, 15) is 9.59 Å². The van der Waals surface area contributed by atoms with Crippen LogP contribution in [0, 0.1) is 0 Å². The van der Waals surface area contributed by atoms with Crippen LogP contribution in [0.25, 0.3) is 0 Å². The lowest BCUT2D eigenvalue weighted by atomic mass is 10.1. The van der Waals surface area contributed by atoms with Gasteiger partial charge in [0, 0.05) is 12.1 Å². The Kier molecular flexibility index (Phi) is 3.36. The average molecular weight is 222 g/mol. The number of hydrogen-bond acceptors (Lipinski definition) is 4. The van der Waals surface area contributed by atoms with Crippen molar-refractivity contribution >= 4 is 5.91 Å². The van der Waals surface area contributed by atoms with E-state index in [1.165, 1.54) is 18.4 Å². The van der Waals surface area contributed by atoms with Gasteiger partial charge in [-0.15, -0.1) is 0 Å². The van der Waals surface area contributed by atoms with Crippen LogP contribution in [-0.2, 0) is 0 Å². The van der Waals surface area contributed by atoms with Crippen LogP contribution in [0.3, 0.4) is 0 Å². The van der Waals surface area contributed by atoms with Crippen molar-refractivity contribution in [2.45, 2.75) is 18.9 Å². The lowest BCUT2D eigenvalue weighted by Gasteiger charge is -2.23. The van der Waals surface area contributed by atoms with Gasteiger partial charge in [0.15, 0.2) is 0 Å². The van der Waals surface area contributed by atoms with Gasteiger partial charge in [-0.25, -0.2) is 4.79 Å². The highest BCUT2D eigenvalue weighted by molar-refractivity contribution is 5.93. The molecular formula is C11H14N2O3. The molecular weight excluding hydrogens is 208 g/mol. The molecule has 1 aromatic heterocycles. The predicted octanol–water partition coefficient (Wildman–Crippen LogP) is 0.122. The first-order valence-corrected chi connectivity index (χ1v) is 5.36. The summed E-state index contributed by atoms with van der Waals surface area (Å²) in [4.78, 5) is 22.5. The van der Waals surface area contributed by atoms with Crippen molar-refractivity contribution in [1.29, 1.82) is 0 Å². The summed E-state index contributed by atoms with van der Waals surface area (Å²) in [5.74, 6) is -0.185. The Hall–Kier alpha value is -1.62. The van der Waals surface area contributed by atoms with Gasteiger partial charge in [-0.3, -0.25) is 4.79 Å². The summed E-state index contributed by atoms with van der Waals surface area (Å²) in [6, 6.07) is 2.93. The highest BCUT2D eigenvalue weighted by atomic mass is 16.4. The van der Waals surface area contributed by atoms with E-state index < -0.39 is 5.63 Å². The molecule has 1 aliphatic rings. The monoisotopic (exact) mass is 222 g/mol. The fraction of sp³-hybridized carbons (Fsp3) is 0.455. The predicted molar refractivity (Wildman–Crippen MR) is 58.3 cm³/mol. The second kappa shape index (κ2) is 4.94. The summed E-state index contributed by atoms with van der Waals surface area (Å²) in [5, 5.41) is 6.14. The number of hydrogen-bond donors (Lipinski definition) is 2. The Bertz CT molecular complexity index is 401. The fourth-order valence-electron chi connectivity index (χ4n) is 1.72. The zero-order valence-electron chi connectivity index (χ0n) is 8.86. The molecule has 5 heteroatoms. The fourth-order valence-corrected chi connectivity index (χ4v) is 1.72. The maximum absolute atomic E-state index is 11.7. The molecule has 1 amide bonds. The summed E-state index contributed by atoms with van der Waals surface area (Å²) in [6.07, 6.45) is 3.06. The highest BCUT2D eigenvalue weighted by Gasteiger charge is 2.16. The molecule has 1 saturated heterocycles. The molecule has 0 aliphatic carbocycles. The third kappa shape index (κ3) is 2.70. The molecule has 1 fully saturated rings. The minimum atomic E-state index is -0.446. The lowest BCUT2D eigenvalue weighted by molar-refractivity contribution is 0.0927. The van der Waals surface area contributed by atoms with Gasteiger partial charge in [0.2, 0.25) is 0 Å². The first-order valence-electron chi connectivity index (χ1n) is 5.36. The van der Waals surface area contributed by atoms with Crippen LogP contribution < -0.4 is 16.3 Å². The zero-order chi connectivity index (χ0) is 11.4. The normalized spacial score (nSPS) is 17.0. The van der Waals surface area contributed by atoms with Crippen molar-refractivity contribution in [1.82, 2.24) is 10.6 Å². The van der Waals surface area contributed by atoms with Crippen molar-refractivity contribution in [3.8, 4) is 0 Å². The van der Waals surface area contributed by atoms with E-state index in [1.54, 1.807) is 0 Å². The van der Waals surface area contributed by atoms with Crippen molar-refractivity contribution in [3.63, 3.8) is 0 Å². The van der Waals surface area contributed by atoms with Gasteiger partial charge in [0.25, 0.3) is 5.91 Å². The summed E-state index contributed by atoms with van der Waals surface area (Å²) in [6.45, 7) is 1.85. The van der Waals surface area contributed by atoms with Crippen molar-refractivity contribution in [3.05, 3.63) is 34.4 Å². The van der Waals surface area contributed by atoms with Crippen LogP contribution in [0.1, 0.15) is 23.2 Å². The molecule has 0 aromatic carbocycles. The van der Waals surface area contributed by atoms with Crippen molar-refractivity contribution < 1.29 is 9.21 Å². The zero-order valence-corrected chi connectivity index (χ0v) is 8.86. The molecule has 0 spiro atoms. The molecule has 2 N–H and O–H groups in total. The van der Waals surface area contributed by atoms with Gasteiger partial charge in [-0.05, 0) is 32.0 Å². The number of rotatable bonds is 2. The number of carbonyl (C=O) groups excluding carboxylic acids is 1. The standard InChI is InChI=1S/C11H14N2O3/c14-10-2-1-8(7-16-10)11(15)13-9-3-5-12-6-4-9/h1-2,7,9,12H,3-6H2,(H,13,15). The Morgan fingerprint density at radius 3 is 2.75 bits per heavy atom. The van der Waals surface area contributed by atoms with Crippen LogP contribution in [0.4, 0.5) is 0 Å². The molecule has 0 atom stereocenters. The first-order chi connectivity index (χ1) is 7.75. The molecule has 1 aromatic rings. The molecule has 0 bridgehead atoms. The van der Waals surface area contributed by atoms with E-state index in [-0.39, 0.29) is 11.9 Å². The molecule has 0 unspecified atom stereocenters.